The number of ether oxygens (including phenoxy) is 3. The van der Waals surface area contributed by atoms with E-state index in [2.05, 4.69) is 20.9 Å². The average molecular weight is 743 g/mol. The van der Waals surface area contributed by atoms with Gasteiger partial charge in [-0.05, 0) is 0 Å². The number of aliphatic hydroxyl groups is 3. The van der Waals surface area contributed by atoms with Crippen LogP contribution in [-0.4, -0.2) is 155 Å². The molecule has 0 amide bonds. The summed E-state index contributed by atoms with van der Waals surface area (Å²) >= 11 is 0. The van der Waals surface area contributed by atoms with Crippen molar-refractivity contribution in [3.63, 3.8) is 0 Å². The van der Waals surface area contributed by atoms with E-state index in [1.807, 2.05) is 0 Å². The predicted molar refractivity (Wildman–Crippen MR) is 121 cm³/mol. The summed E-state index contributed by atoms with van der Waals surface area (Å²) in [7, 11) is -27.8. The molecule has 10 atom stereocenters. The van der Waals surface area contributed by atoms with Gasteiger partial charge in [0.2, 0.25) is 0 Å². The highest BCUT2D eigenvalue weighted by atomic mass is 32.3. The summed E-state index contributed by atoms with van der Waals surface area (Å²) in [6.07, 6.45) is -25.9. The Kier molecular flexibility index (Phi) is 12.3. The maximum Gasteiger partial charge on any atom is 0.397 e. The van der Waals surface area contributed by atoms with Gasteiger partial charge in [-0.2, -0.15) is 42.1 Å². The molecule has 0 radical (unpaired) electrons. The molecule has 0 aromatic carbocycles. The van der Waals surface area contributed by atoms with Crippen molar-refractivity contribution in [1.82, 2.24) is 0 Å². The van der Waals surface area contributed by atoms with Crippen LogP contribution in [0.3, 0.4) is 0 Å². The van der Waals surface area contributed by atoms with Crippen LogP contribution in [0, 0.1) is 0 Å². The van der Waals surface area contributed by atoms with Crippen LogP contribution < -0.4 is 0 Å². The first-order chi connectivity index (χ1) is 19.2. The molecule has 0 aliphatic carbocycles. The quantitative estimate of drug-likeness (QED) is 0.0767. The number of hydrogen-bond acceptors (Lipinski definition) is 21. The molecule has 2 rings (SSSR count). The average Bonchev–Trinajstić information content (AvgIpc) is 2.77. The Balaban J connectivity index is 2.65. The summed E-state index contributed by atoms with van der Waals surface area (Å²) in [5.41, 5.74) is 0. The lowest BCUT2D eigenvalue weighted by Gasteiger charge is -2.46. The van der Waals surface area contributed by atoms with E-state index in [1.54, 1.807) is 0 Å². The molecule has 0 aromatic heterocycles. The van der Waals surface area contributed by atoms with E-state index in [4.69, 9.17) is 32.4 Å². The molecule has 0 unspecified atom stereocenters. The van der Waals surface area contributed by atoms with Gasteiger partial charge in [0.25, 0.3) is 0 Å². The fourth-order valence-corrected chi connectivity index (χ4v) is 5.63. The maximum atomic E-state index is 11.5. The molecule has 26 nitrogen and oxygen atoms in total. The Morgan fingerprint density at radius 1 is 0.488 bits per heavy atom. The third-order valence-electron chi connectivity index (χ3n) is 5.01. The Morgan fingerprint density at radius 2 is 0.907 bits per heavy atom. The molecular formula is C12H22O26S5. The van der Waals surface area contributed by atoms with Crippen molar-refractivity contribution in [2.24, 2.45) is 0 Å². The second-order valence-electron chi connectivity index (χ2n) is 8.08. The van der Waals surface area contributed by atoms with E-state index >= 15 is 0 Å². The van der Waals surface area contributed by atoms with Crippen molar-refractivity contribution in [3.8, 4) is 0 Å². The molecule has 0 bridgehead atoms. The fraction of sp³-hybridized carbons (Fsp3) is 1.00. The summed E-state index contributed by atoms with van der Waals surface area (Å²) in [6.45, 7) is -2.94. The third-order valence-corrected chi connectivity index (χ3v) is 7.27. The predicted octanol–water partition coefficient (Wildman–Crippen LogP) is -6.26. The topological polar surface area (TPSA) is 406 Å². The Hall–Kier alpha value is -0.890. The molecular weight excluding hydrogens is 720 g/mol. The second-order valence-corrected chi connectivity index (χ2v) is 13.4. The summed E-state index contributed by atoms with van der Waals surface area (Å²) < 4.78 is 193. The smallest absolute Gasteiger partial charge is 0.387 e. The monoisotopic (exact) mass is 742 g/mol. The second kappa shape index (κ2) is 13.8. The first-order valence-corrected chi connectivity index (χ1v) is 17.2. The van der Waals surface area contributed by atoms with Crippen LogP contribution in [0.15, 0.2) is 0 Å². The number of rotatable bonds is 14. The summed E-state index contributed by atoms with van der Waals surface area (Å²) in [4.78, 5) is 0. The fourth-order valence-electron chi connectivity index (χ4n) is 3.54. The molecule has 43 heavy (non-hydrogen) atoms. The molecule has 2 heterocycles. The highest BCUT2D eigenvalue weighted by molar-refractivity contribution is 7.81. The van der Waals surface area contributed by atoms with E-state index in [1.165, 1.54) is 0 Å². The molecule has 0 aromatic rings. The minimum Gasteiger partial charge on any atom is -0.387 e. The van der Waals surface area contributed by atoms with Crippen LogP contribution in [0.5, 0.6) is 0 Å². The first-order valence-electron chi connectivity index (χ1n) is 10.4. The minimum atomic E-state index is -5.80. The van der Waals surface area contributed by atoms with E-state index in [0.29, 0.717) is 0 Å². The van der Waals surface area contributed by atoms with E-state index in [-0.39, 0.29) is 0 Å². The van der Waals surface area contributed by atoms with Gasteiger partial charge < -0.3 is 29.5 Å². The van der Waals surface area contributed by atoms with Gasteiger partial charge in [0.05, 0.1) is 13.2 Å². The Bertz CT molecular complexity index is 1500. The van der Waals surface area contributed by atoms with Crippen LogP contribution in [-0.2, 0) is 87.1 Å². The number of aliphatic hydroxyl groups excluding tert-OH is 3. The Morgan fingerprint density at radius 3 is 1.35 bits per heavy atom. The van der Waals surface area contributed by atoms with Crippen molar-refractivity contribution in [2.75, 3.05) is 13.2 Å². The normalized spacial score (nSPS) is 35.1. The SMILES string of the molecule is O=S(=O)(O)OC[C@H]1O[C@H](O[C@H]2[C@H](OS(=O)(=O)O)[C@@H](OS(=O)(=O)O)[C@H](O)O[C@@H]2COS(=O)(=O)O)[C@H](OS(=O)(=O)O)[C@@H](O)[C@H]1O. The van der Waals surface area contributed by atoms with Gasteiger partial charge in [0.1, 0.15) is 36.6 Å². The van der Waals surface area contributed by atoms with Gasteiger partial charge in [0.15, 0.2) is 24.8 Å². The van der Waals surface area contributed by atoms with Gasteiger partial charge in [0, 0.05) is 0 Å². The lowest BCUT2D eigenvalue weighted by Crippen LogP contribution is -2.66. The van der Waals surface area contributed by atoms with Crippen LogP contribution in [0.25, 0.3) is 0 Å². The van der Waals surface area contributed by atoms with Crippen molar-refractivity contribution < 1.29 is 115 Å². The van der Waals surface area contributed by atoms with Crippen molar-refractivity contribution >= 4 is 52.0 Å². The first kappa shape index (κ1) is 38.3. The molecule has 8 N–H and O–H groups in total. The molecule has 2 saturated heterocycles. The van der Waals surface area contributed by atoms with E-state index in [9.17, 15) is 62.0 Å². The molecule has 2 fully saturated rings. The van der Waals surface area contributed by atoms with Gasteiger partial charge in [-0.3, -0.25) is 22.8 Å². The summed E-state index contributed by atoms with van der Waals surface area (Å²) in [5.74, 6) is 0. The molecule has 0 saturated carbocycles. The molecule has 0 spiro atoms. The maximum absolute atomic E-state index is 11.5. The largest absolute Gasteiger partial charge is 0.397 e. The van der Waals surface area contributed by atoms with Gasteiger partial charge in [-0.25, -0.2) is 20.9 Å². The van der Waals surface area contributed by atoms with Gasteiger partial charge in [-0.1, -0.05) is 0 Å². The lowest BCUT2D eigenvalue weighted by molar-refractivity contribution is -0.347. The van der Waals surface area contributed by atoms with Crippen LogP contribution >= 0.6 is 0 Å². The van der Waals surface area contributed by atoms with Crippen molar-refractivity contribution in [3.05, 3.63) is 0 Å². The summed E-state index contributed by atoms with van der Waals surface area (Å²) in [5, 5.41) is 30.7. The molecule has 256 valence electrons. The van der Waals surface area contributed by atoms with Crippen LogP contribution in [0.1, 0.15) is 0 Å². The highest BCUT2D eigenvalue weighted by Crippen LogP contribution is 2.34. The van der Waals surface area contributed by atoms with Crippen molar-refractivity contribution in [1.29, 1.82) is 0 Å². The zero-order chi connectivity index (χ0) is 33.3. The highest BCUT2D eigenvalue weighted by Gasteiger charge is 2.56. The Labute approximate surface area is 241 Å². The van der Waals surface area contributed by atoms with E-state index in [0.717, 1.165) is 0 Å². The standard InChI is InChI=1S/C12H22O26S5/c13-5-3(1-31-39(16,17)18)34-12(8(6(5)14)36-41(22,23)24)35-7-4(2-32-40(19,20)21)33-11(15)10(38-43(28,29)30)9(7)37-42(25,26)27/h3-15H,1-2H2,(H,16,17,18)(H,19,20,21)(H,22,23,24)(H,25,26,27)(H,28,29,30)/t3-,4-,5+,6+,7-,8-,9+,10-,11-,12-/m1/s1. The molecule has 2 aliphatic heterocycles. The van der Waals surface area contributed by atoms with E-state index < -0.39 is 127 Å². The lowest BCUT2D eigenvalue weighted by atomic mass is 9.97. The molecule has 31 heteroatoms. The van der Waals surface area contributed by atoms with Gasteiger partial charge >= 0.3 is 52.0 Å². The van der Waals surface area contributed by atoms with Crippen molar-refractivity contribution in [2.45, 2.75) is 61.4 Å². The van der Waals surface area contributed by atoms with Crippen LogP contribution in [0.4, 0.5) is 0 Å². The zero-order valence-corrected chi connectivity index (χ0v) is 24.2. The minimum absolute atomic E-state index is 1.40. The van der Waals surface area contributed by atoms with Gasteiger partial charge in [-0.15, -0.1) is 0 Å². The molecule has 2 aliphatic rings. The number of hydrogen-bond donors (Lipinski definition) is 8. The zero-order valence-electron chi connectivity index (χ0n) is 20.2. The van der Waals surface area contributed by atoms with Crippen LogP contribution in [0.2, 0.25) is 0 Å². The third kappa shape index (κ3) is 12.8. The summed E-state index contributed by atoms with van der Waals surface area (Å²) in [6, 6.07) is 0.